The van der Waals surface area contributed by atoms with Crippen LogP contribution in [0.15, 0.2) is 54.7 Å². The molecule has 0 fully saturated rings. The molecule has 0 bridgehead atoms. The normalized spacial score (nSPS) is 11.2. The maximum Gasteiger partial charge on any atom is 0.387 e. The highest BCUT2D eigenvalue weighted by molar-refractivity contribution is 6.13. The minimum atomic E-state index is -3.17. The molecule has 0 spiro atoms. The Hall–Kier alpha value is -3.88. The van der Waals surface area contributed by atoms with Crippen molar-refractivity contribution in [1.29, 1.82) is 0 Å². The lowest BCUT2D eigenvalue weighted by molar-refractivity contribution is -0.0495. The highest BCUT2D eigenvalue weighted by Gasteiger charge is 2.19. The number of hydrogen-bond donors (Lipinski definition) is 1. The summed E-state index contributed by atoms with van der Waals surface area (Å²) in [6.45, 7) is -1.29. The number of carbonyl (C=O) groups excluding carboxylic acids is 1. The first kappa shape index (κ1) is 20.4. The van der Waals surface area contributed by atoms with E-state index in [-0.39, 0.29) is 11.3 Å². The summed E-state index contributed by atoms with van der Waals surface area (Å²) < 4.78 is 45.0. The van der Waals surface area contributed by atoms with Crippen molar-refractivity contribution in [3.8, 4) is 17.0 Å². The number of anilines is 1. The lowest BCUT2D eigenvalue weighted by atomic mass is 10.0. The van der Waals surface area contributed by atoms with E-state index in [2.05, 4.69) is 20.1 Å². The third-order valence-corrected chi connectivity index (χ3v) is 4.88. The second kappa shape index (κ2) is 8.10. The second-order valence-electron chi connectivity index (χ2n) is 6.81. The van der Waals surface area contributed by atoms with E-state index in [1.54, 1.807) is 48.3 Å². The molecule has 158 valence electrons. The zero-order chi connectivity index (χ0) is 22.1. The summed E-state index contributed by atoms with van der Waals surface area (Å²) >= 11 is 0. The fraction of sp³-hybridized carbons (Fsp3) is 0.136. The van der Waals surface area contributed by atoms with E-state index in [0.717, 1.165) is 23.4 Å². The summed E-state index contributed by atoms with van der Waals surface area (Å²) in [5, 5.41) is 7.33. The molecule has 4 aromatic rings. The topological polar surface area (TPSA) is 69.0 Å². The maximum atomic E-state index is 13.5. The standard InChI is InChI=1S/C22H17F3N4O2/c1-12-16(11-26-29(12)2)19-10-15(14-5-3-4-6-17(14)27-19)21(30)28-18-8-7-13(23)9-20(18)31-22(24)25/h3-11,22H,1-2H3,(H,28,30). The Morgan fingerprint density at radius 2 is 1.94 bits per heavy atom. The molecule has 4 rings (SSSR count). The van der Waals surface area contributed by atoms with Crippen LogP contribution in [0.25, 0.3) is 22.2 Å². The molecule has 0 aliphatic heterocycles. The van der Waals surface area contributed by atoms with Crippen molar-refractivity contribution in [3.63, 3.8) is 0 Å². The van der Waals surface area contributed by atoms with Crippen LogP contribution in [0.3, 0.4) is 0 Å². The van der Waals surface area contributed by atoms with Crippen molar-refractivity contribution >= 4 is 22.5 Å². The smallest absolute Gasteiger partial charge is 0.387 e. The Morgan fingerprint density at radius 3 is 2.65 bits per heavy atom. The van der Waals surface area contributed by atoms with Gasteiger partial charge in [0.2, 0.25) is 0 Å². The number of fused-ring (bicyclic) bond motifs is 1. The van der Waals surface area contributed by atoms with Gasteiger partial charge in [0, 0.05) is 29.8 Å². The molecule has 0 atom stereocenters. The van der Waals surface area contributed by atoms with Crippen LogP contribution in [-0.2, 0) is 7.05 Å². The molecule has 2 heterocycles. The number of pyridine rings is 1. The predicted octanol–water partition coefficient (Wildman–Crippen LogP) is 4.94. The van der Waals surface area contributed by atoms with Crippen LogP contribution in [-0.4, -0.2) is 27.3 Å². The molecule has 1 N–H and O–H groups in total. The Morgan fingerprint density at radius 1 is 1.16 bits per heavy atom. The summed E-state index contributed by atoms with van der Waals surface area (Å²) in [7, 11) is 1.80. The maximum absolute atomic E-state index is 13.5. The summed E-state index contributed by atoms with van der Waals surface area (Å²) in [5.41, 5.74) is 2.93. The van der Waals surface area contributed by atoms with Crippen LogP contribution >= 0.6 is 0 Å². The average molecular weight is 426 g/mol. The molecule has 31 heavy (non-hydrogen) atoms. The zero-order valence-corrected chi connectivity index (χ0v) is 16.6. The fourth-order valence-corrected chi connectivity index (χ4v) is 3.23. The Labute approximate surface area is 175 Å². The monoisotopic (exact) mass is 426 g/mol. The third kappa shape index (κ3) is 4.07. The molecule has 0 saturated heterocycles. The fourth-order valence-electron chi connectivity index (χ4n) is 3.23. The number of hydrogen-bond acceptors (Lipinski definition) is 4. The van der Waals surface area contributed by atoms with Crippen LogP contribution in [0.2, 0.25) is 0 Å². The van der Waals surface area contributed by atoms with Gasteiger partial charge in [-0.3, -0.25) is 9.48 Å². The number of halogens is 3. The third-order valence-electron chi connectivity index (χ3n) is 4.88. The number of amides is 1. The molecule has 6 nitrogen and oxygen atoms in total. The second-order valence-corrected chi connectivity index (χ2v) is 6.81. The van der Waals surface area contributed by atoms with Gasteiger partial charge in [-0.1, -0.05) is 18.2 Å². The van der Waals surface area contributed by atoms with Crippen molar-refractivity contribution in [1.82, 2.24) is 14.8 Å². The first-order valence-electron chi connectivity index (χ1n) is 9.28. The van der Waals surface area contributed by atoms with Crippen molar-refractivity contribution in [2.45, 2.75) is 13.5 Å². The van der Waals surface area contributed by atoms with E-state index in [1.165, 1.54) is 6.07 Å². The molecule has 0 saturated carbocycles. The molecule has 2 aromatic carbocycles. The van der Waals surface area contributed by atoms with Crippen molar-refractivity contribution in [2.24, 2.45) is 7.05 Å². The number of carbonyl (C=O) groups is 1. The molecule has 0 radical (unpaired) electrons. The van der Waals surface area contributed by atoms with Crippen LogP contribution in [0.5, 0.6) is 5.75 Å². The summed E-state index contributed by atoms with van der Waals surface area (Å²) in [6, 6.07) is 11.7. The van der Waals surface area contributed by atoms with Gasteiger partial charge >= 0.3 is 6.61 Å². The molecular weight excluding hydrogens is 409 g/mol. The van der Waals surface area contributed by atoms with E-state index in [4.69, 9.17) is 0 Å². The number of ether oxygens (including phenoxy) is 1. The van der Waals surface area contributed by atoms with Gasteiger partial charge in [-0.25, -0.2) is 9.37 Å². The highest BCUT2D eigenvalue weighted by atomic mass is 19.3. The van der Waals surface area contributed by atoms with Gasteiger partial charge in [-0.2, -0.15) is 13.9 Å². The quantitative estimate of drug-likeness (QED) is 0.491. The summed E-state index contributed by atoms with van der Waals surface area (Å²) in [5.74, 6) is -1.81. The Kier molecular flexibility index (Phi) is 5.33. The number of aryl methyl sites for hydroxylation is 1. The van der Waals surface area contributed by atoms with Gasteiger partial charge in [0.05, 0.1) is 28.7 Å². The minimum absolute atomic E-state index is 0.0771. The minimum Gasteiger partial charge on any atom is -0.432 e. The summed E-state index contributed by atoms with van der Waals surface area (Å²) in [6.07, 6.45) is 1.66. The first-order valence-corrected chi connectivity index (χ1v) is 9.28. The van der Waals surface area contributed by atoms with Gasteiger partial charge in [-0.15, -0.1) is 0 Å². The van der Waals surface area contributed by atoms with Crippen molar-refractivity contribution in [3.05, 3.63) is 71.8 Å². The van der Waals surface area contributed by atoms with Crippen LogP contribution in [0, 0.1) is 12.7 Å². The van der Waals surface area contributed by atoms with Crippen molar-refractivity contribution < 1.29 is 22.7 Å². The van der Waals surface area contributed by atoms with Gasteiger partial charge in [0.1, 0.15) is 5.82 Å². The zero-order valence-electron chi connectivity index (χ0n) is 16.6. The SMILES string of the molecule is Cc1c(-c2cc(C(=O)Nc3ccc(F)cc3OC(F)F)c3ccccc3n2)cnn1C. The Bertz CT molecular complexity index is 1290. The van der Waals surface area contributed by atoms with Crippen LogP contribution in [0.1, 0.15) is 16.1 Å². The van der Waals surface area contributed by atoms with E-state index in [0.29, 0.717) is 16.6 Å². The molecule has 0 aliphatic rings. The number of benzene rings is 2. The molecule has 1 amide bonds. The van der Waals surface area contributed by atoms with E-state index < -0.39 is 24.1 Å². The highest BCUT2D eigenvalue weighted by Crippen LogP contribution is 2.30. The Balaban J connectivity index is 1.79. The number of nitrogens with zero attached hydrogens (tertiary/aromatic N) is 3. The number of aromatic nitrogens is 3. The van der Waals surface area contributed by atoms with Crippen LogP contribution in [0.4, 0.5) is 18.9 Å². The number of rotatable bonds is 5. The number of para-hydroxylation sites is 1. The van der Waals surface area contributed by atoms with E-state index >= 15 is 0 Å². The van der Waals surface area contributed by atoms with Crippen molar-refractivity contribution in [2.75, 3.05) is 5.32 Å². The molecule has 0 unspecified atom stereocenters. The average Bonchev–Trinajstić information content (AvgIpc) is 3.07. The first-order chi connectivity index (χ1) is 14.8. The van der Waals surface area contributed by atoms with Gasteiger partial charge in [-0.05, 0) is 31.2 Å². The number of alkyl halides is 2. The lowest BCUT2D eigenvalue weighted by Crippen LogP contribution is -2.15. The predicted molar refractivity (Wildman–Crippen MR) is 110 cm³/mol. The van der Waals surface area contributed by atoms with Gasteiger partial charge in [0.25, 0.3) is 5.91 Å². The lowest BCUT2D eigenvalue weighted by Gasteiger charge is -2.14. The number of nitrogens with one attached hydrogen (secondary N) is 1. The van der Waals surface area contributed by atoms with Crippen LogP contribution < -0.4 is 10.1 Å². The molecular formula is C22H17F3N4O2. The molecule has 2 aromatic heterocycles. The molecule has 0 aliphatic carbocycles. The van der Waals surface area contributed by atoms with Gasteiger partial charge < -0.3 is 10.1 Å². The van der Waals surface area contributed by atoms with E-state index in [9.17, 15) is 18.0 Å². The van der Waals surface area contributed by atoms with E-state index in [1.807, 2.05) is 6.92 Å². The summed E-state index contributed by atoms with van der Waals surface area (Å²) in [4.78, 5) is 17.8. The molecule has 9 heteroatoms. The largest absolute Gasteiger partial charge is 0.432 e. The van der Waals surface area contributed by atoms with Gasteiger partial charge in [0.15, 0.2) is 5.75 Å².